The number of amides is 1. The summed E-state index contributed by atoms with van der Waals surface area (Å²) in [5, 5.41) is 6.81. The van der Waals surface area contributed by atoms with E-state index in [9.17, 15) is 4.79 Å². The average molecular weight is 366 g/mol. The van der Waals surface area contributed by atoms with E-state index in [1.165, 1.54) is 25.8 Å². The number of nitrogens with zero attached hydrogens (tertiary/aromatic N) is 3. The summed E-state index contributed by atoms with van der Waals surface area (Å²) in [4.78, 5) is 21.8. The van der Waals surface area contributed by atoms with E-state index >= 15 is 0 Å². The van der Waals surface area contributed by atoms with E-state index in [4.69, 9.17) is 4.99 Å². The van der Waals surface area contributed by atoms with Crippen LogP contribution in [0.3, 0.4) is 0 Å². The predicted octanol–water partition coefficient (Wildman–Crippen LogP) is 2.06. The lowest BCUT2D eigenvalue weighted by Crippen LogP contribution is -2.46. The number of guanidine groups is 1. The third-order valence-electron chi connectivity index (χ3n) is 5.94. The zero-order valence-corrected chi connectivity index (χ0v) is 17.3. The molecule has 1 unspecified atom stereocenters. The predicted molar refractivity (Wildman–Crippen MR) is 108 cm³/mol. The average Bonchev–Trinajstić information content (AvgIpc) is 3.10. The van der Waals surface area contributed by atoms with E-state index in [1.807, 2.05) is 14.1 Å². The molecule has 2 rings (SSSR count). The Morgan fingerprint density at radius 2 is 1.92 bits per heavy atom. The zero-order chi connectivity index (χ0) is 19.0. The number of piperidine rings is 1. The fourth-order valence-corrected chi connectivity index (χ4v) is 4.35. The summed E-state index contributed by atoms with van der Waals surface area (Å²) in [6.45, 7) is 8.98. The van der Waals surface area contributed by atoms with E-state index < -0.39 is 0 Å². The molecule has 0 aromatic heterocycles. The molecule has 150 valence electrons. The minimum atomic E-state index is -0.298. The van der Waals surface area contributed by atoms with Crippen LogP contribution in [0.25, 0.3) is 0 Å². The monoisotopic (exact) mass is 365 g/mol. The molecule has 1 heterocycles. The van der Waals surface area contributed by atoms with Gasteiger partial charge in [0.25, 0.3) is 0 Å². The van der Waals surface area contributed by atoms with Crippen LogP contribution in [0.5, 0.6) is 0 Å². The van der Waals surface area contributed by atoms with Gasteiger partial charge in [0.05, 0.1) is 12.0 Å². The van der Waals surface area contributed by atoms with Crippen molar-refractivity contribution in [2.45, 2.75) is 64.8 Å². The molecule has 1 saturated carbocycles. The summed E-state index contributed by atoms with van der Waals surface area (Å²) < 4.78 is 0. The van der Waals surface area contributed by atoms with Gasteiger partial charge in [0.1, 0.15) is 0 Å². The van der Waals surface area contributed by atoms with Crippen molar-refractivity contribution in [2.24, 2.45) is 10.4 Å². The Labute approximate surface area is 159 Å². The lowest BCUT2D eigenvalue weighted by molar-refractivity contribution is -0.138. The zero-order valence-electron chi connectivity index (χ0n) is 17.3. The fraction of sp³-hybridized carbons (Fsp3) is 0.900. The van der Waals surface area contributed by atoms with Crippen LogP contribution in [0, 0.1) is 5.41 Å². The van der Waals surface area contributed by atoms with Crippen LogP contribution in [0.15, 0.2) is 4.99 Å². The number of hydrogen-bond acceptors (Lipinski definition) is 3. The number of nitrogens with one attached hydrogen (secondary N) is 2. The lowest BCUT2D eigenvalue weighted by atomic mass is 9.85. The highest BCUT2D eigenvalue weighted by atomic mass is 16.2. The van der Waals surface area contributed by atoms with Crippen LogP contribution in [0.1, 0.15) is 58.8 Å². The van der Waals surface area contributed by atoms with Crippen LogP contribution in [-0.4, -0.2) is 74.5 Å². The third kappa shape index (κ3) is 5.60. The van der Waals surface area contributed by atoms with E-state index in [-0.39, 0.29) is 11.3 Å². The normalized spacial score (nSPS) is 23.7. The second-order valence-electron chi connectivity index (χ2n) is 8.19. The number of likely N-dealkylation sites (tertiary alicyclic amines) is 1. The largest absolute Gasteiger partial charge is 0.357 e. The van der Waals surface area contributed by atoms with Gasteiger partial charge in [-0.05, 0) is 46.1 Å². The molecule has 1 saturated heterocycles. The highest BCUT2D eigenvalue weighted by Gasteiger charge is 2.42. The number of carbonyl (C=O) groups is 1. The topological polar surface area (TPSA) is 60.0 Å². The second-order valence-corrected chi connectivity index (χ2v) is 8.19. The Morgan fingerprint density at radius 1 is 1.19 bits per heavy atom. The van der Waals surface area contributed by atoms with Gasteiger partial charge < -0.3 is 15.5 Å². The SMILES string of the molecule is CCNC(=NCC1(C(=O)N(C)C)CCCC1)NCCN1CCCCC1C. The summed E-state index contributed by atoms with van der Waals surface area (Å²) in [6, 6.07) is 0.685. The molecule has 6 nitrogen and oxygen atoms in total. The first-order valence-corrected chi connectivity index (χ1v) is 10.5. The van der Waals surface area contributed by atoms with Gasteiger partial charge in [0.2, 0.25) is 5.91 Å². The molecule has 0 aromatic carbocycles. The summed E-state index contributed by atoms with van der Waals surface area (Å²) in [5.41, 5.74) is -0.298. The Hall–Kier alpha value is -1.30. The van der Waals surface area contributed by atoms with E-state index in [0.717, 1.165) is 51.3 Å². The third-order valence-corrected chi connectivity index (χ3v) is 5.94. The molecule has 1 aliphatic carbocycles. The van der Waals surface area contributed by atoms with Crippen molar-refractivity contribution in [1.82, 2.24) is 20.4 Å². The maximum atomic E-state index is 12.7. The maximum Gasteiger partial charge on any atom is 0.230 e. The van der Waals surface area contributed by atoms with Gasteiger partial charge in [0.15, 0.2) is 5.96 Å². The van der Waals surface area contributed by atoms with Crippen LogP contribution < -0.4 is 10.6 Å². The Balaban J connectivity index is 1.91. The summed E-state index contributed by atoms with van der Waals surface area (Å²) in [6.07, 6.45) is 8.16. The summed E-state index contributed by atoms with van der Waals surface area (Å²) >= 11 is 0. The maximum absolute atomic E-state index is 12.7. The van der Waals surface area contributed by atoms with Crippen molar-refractivity contribution in [3.63, 3.8) is 0 Å². The number of rotatable bonds is 7. The highest BCUT2D eigenvalue weighted by Crippen LogP contribution is 2.39. The second kappa shape index (κ2) is 10.1. The van der Waals surface area contributed by atoms with Gasteiger partial charge in [-0.15, -0.1) is 0 Å². The smallest absolute Gasteiger partial charge is 0.230 e. The van der Waals surface area contributed by atoms with Crippen LogP contribution in [0.2, 0.25) is 0 Å². The van der Waals surface area contributed by atoms with Crippen molar-refractivity contribution in [3.05, 3.63) is 0 Å². The van der Waals surface area contributed by atoms with Gasteiger partial charge >= 0.3 is 0 Å². The molecule has 0 spiro atoms. The van der Waals surface area contributed by atoms with Gasteiger partial charge in [0, 0.05) is 39.8 Å². The quantitative estimate of drug-likeness (QED) is 0.536. The van der Waals surface area contributed by atoms with E-state index in [1.54, 1.807) is 4.90 Å². The first-order chi connectivity index (χ1) is 12.5. The minimum Gasteiger partial charge on any atom is -0.357 e. The summed E-state index contributed by atoms with van der Waals surface area (Å²) in [5.74, 6) is 1.08. The lowest BCUT2D eigenvalue weighted by Gasteiger charge is -2.33. The first kappa shape index (κ1) is 21.0. The number of carbonyl (C=O) groups excluding carboxylic acids is 1. The van der Waals surface area contributed by atoms with Crippen LogP contribution in [-0.2, 0) is 4.79 Å². The number of aliphatic imine (C=N–C) groups is 1. The van der Waals surface area contributed by atoms with Crippen molar-refractivity contribution in [2.75, 3.05) is 46.8 Å². The molecule has 1 aliphatic heterocycles. The Bertz CT molecular complexity index is 471. The molecular formula is C20H39N5O. The van der Waals surface area contributed by atoms with Gasteiger partial charge in [-0.25, -0.2) is 0 Å². The van der Waals surface area contributed by atoms with Crippen molar-refractivity contribution >= 4 is 11.9 Å². The molecule has 0 bridgehead atoms. The fourth-order valence-electron chi connectivity index (χ4n) is 4.35. The van der Waals surface area contributed by atoms with Crippen molar-refractivity contribution < 1.29 is 4.79 Å². The standard InChI is InChI=1S/C20H39N5O/c1-5-21-19(22-13-15-25-14-9-6-10-17(25)2)23-16-20(11-7-8-12-20)18(26)24(3)4/h17H,5-16H2,1-4H3,(H2,21,22,23). The van der Waals surface area contributed by atoms with Gasteiger partial charge in [-0.3, -0.25) is 14.7 Å². The first-order valence-electron chi connectivity index (χ1n) is 10.5. The molecule has 0 aromatic rings. The Kier molecular flexibility index (Phi) is 8.19. The number of hydrogen-bond donors (Lipinski definition) is 2. The van der Waals surface area contributed by atoms with Gasteiger partial charge in [-0.2, -0.15) is 0 Å². The Morgan fingerprint density at radius 3 is 2.54 bits per heavy atom. The van der Waals surface area contributed by atoms with Gasteiger partial charge in [-0.1, -0.05) is 19.3 Å². The van der Waals surface area contributed by atoms with Crippen molar-refractivity contribution in [1.29, 1.82) is 0 Å². The van der Waals surface area contributed by atoms with Crippen molar-refractivity contribution in [3.8, 4) is 0 Å². The molecule has 6 heteroatoms. The minimum absolute atomic E-state index is 0.233. The molecule has 2 fully saturated rings. The molecule has 2 aliphatic rings. The molecule has 1 amide bonds. The molecule has 0 radical (unpaired) electrons. The highest BCUT2D eigenvalue weighted by molar-refractivity contribution is 5.84. The molecule has 26 heavy (non-hydrogen) atoms. The molecular weight excluding hydrogens is 326 g/mol. The molecule has 1 atom stereocenters. The van der Waals surface area contributed by atoms with E-state index in [2.05, 4.69) is 29.4 Å². The van der Waals surface area contributed by atoms with Crippen LogP contribution in [0.4, 0.5) is 0 Å². The molecule has 2 N–H and O–H groups in total. The summed E-state index contributed by atoms with van der Waals surface area (Å²) in [7, 11) is 3.71. The van der Waals surface area contributed by atoms with Crippen LogP contribution >= 0.6 is 0 Å². The van der Waals surface area contributed by atoms with E-state index in [0.29, 0.717) is 12.6 Å².